The molecule has 24 heavy (non-hydrogen) atoms. The van der Waals surface area contributed by atoms with Gasteiger partial charge in [-0.1, -0.05) is 23.4 Å². The van der Waals surface area contributed by atoms with Crippen LogP contribution in [0.3, 0.4) is 0 Å². The van der Waals surface area contributed by atoms with E-state index in [-0.39, 0.29) is 5.56 Å². The Morgan fingerprint density at radius 3 is 2.67 bits per heavy atom. The van der Waals surface area contributed by atoms with Gasteiger partial charge in [-0.15, -0.1) is 15.3 Å². The van der Waals surface area contributed by atoms with Crippen molar-refractivity contribution in [1.82, 2.24) is 29.8 Å². The van der Waals surface area contributed by atoms with Gasteiger partial charge in [0.25, 0.3) is 5.56 Å². The van der Waals surface area contributed by atoms with Crippen molar-refractivity contribution in [2.45, 2.75) is 6.54 Å². The van der Waals surface area contributed by atoms with E-state index in [9.17, 15) is 4.79 Å². The molecule has 3 heterocycles. The summed E-state index contributed by atoms with van der Waals surface area (Å²) in [6.45, 7) is 0.299. The highest BCUT2D eigenvalue weighted by Gasteiger charge is 2.08. The molecule has 118 valence electrons. The van der Waals surface area contributed by atoms with E-state index < -0.39 is 0 Å². The van der Waals surface area contributed by atoms with Crippen LogP contribution in [0, 0.1) is 0 Å². The fraction of sp³-hybridized carbons (Fsp3) is 0.0625. The van der Waals surface area contributed by atoms with Crippen molar-refractivity contribution in [2.75, 3.05) is 0 Å². The molecular formula is C16H12N6O2. The zero-order valence-electron chi connectivity index (χ0n) is 12.5. The van der Waals surface area contributed by atoms with E-state index in [0.717, 1.165) is 5.69 Å². The van der Waals surface area contributed by atoms with E-state index in [1.54, 1.807) is 23.1 Å². The Balaban J connectivity index is 1.63. The molecule has 0 unspecified atom stereocenters. The summed E-state index contributed by atoms with van der Waals surface area (Å²) >= 11 is 0. The number of hydrogen-bond donors (Lipinski definition) is 0. The van der Waals surface area contributed by atoms with Gasteiger partial charge in [0.05, 0.1) is 24.0 Å². The minimum atomic E-state index is -0.146. The van der Waals surface area contributed by atoms with E-state index in [1.807, 2.05) is 30.3 Å². The van der Waals surface area contributed by atoms with Gasteiger partial charge in [0.2, 0.25) is 12.3 Å². The van der Waals surface area contributed by atoms with Crippen LogP contribution >= 0.6 is 0 Å². The summed E-state index contributed by atoms with van der Waals surface area (Å²) in [5, 5.41) is 15.7. The number of nitrogens with zero attached hydrogens (tertiary/aromatic N) is 6. The Bertz CT molecular complexity index is 1000. The van der Waals surface area contributed by atoms with Crippen molar-refractivity contribution in [3.63, 3.8) is 0 Å². The van der Waals surface area contributed by atoms with Gasteiger partial charge in [0, 0.05) is 12.3 Å². The summed E-state index contributed by atoms with van der Waals surface area (Å²) in [5.41, 5.74) is 2.10. The average molecular weight is 320 g/mol. The summed E-state index contributed by atoms with van der Waals surface area (Å²) in [7, 11) is 0. The Hall–Kier alpha value is -3.55. The monoisotopic (exact) mass is 320 g/mol. The smallest absolute Gasteiger partial charge is 0.250 e. The molecule has 3 aromatic heterocycles. The van der Waals surface area contributed by atoms with Gasteiger partial charge in [0.1, 0.15) is 5.69 Å². The standard InChI is InChI=1S/C16H12N6O2/c23-15-7-6-12(16-19-17-11-24-16)8-21(15)9-13-10-22(20-18-13)14-4-2-1-3-5-14/h1-8,10-11H,9H2. The highest BCUT2D eigenvalue weighted by Crippen LogP contribution is 2.14. The fourth-order valence-electron chi connectivity index (χ4n) is 2.33. The third kappa shape index (κ3) is 2.72. The van der Waals surface area contributed by atoms with Crippen LogP contribution in [0.1, 0.15) is 5.69 Å². The molecule has 0 aliphatic heterocycles. The zero-order valence-corrected chi connectivity index (χ0v) is 12.5. The van der Waals surface area contributed by atoms with Gasteiger partial charge >= 0.3 is 0 Å². The first-order chi connectivity index (χ1) is 11.8. The van der Waals surface area contributed by atoms with Crippen molar-refractivity contribution in [2.24, 2.45) is 0 Å². The molecule has 0 radical (unpaired) electrons. The van der Waals surface area contributed by atoms with Crippen LogP contribution in [0.5, 0.6) is 0 Å². The first-order valence-corrected chi connectivity index (χ1v) is 7.23. The van der Waals surface area contributed by atoms with Crippen LogP contribution in [-0.2, 0) is 6.54 Å². The first kappa shape index (κ1) is 14.1. The molecular weight excluding hydrogens is 308 g/mol. The molecule has 0 aliphatic carbocycles. The number of benzene rings is 1. The molecule has 0 amide bonds. The van der Waals surface area contributed by atoms with Crippen molar-refractivity contribution < 1.29 is 4.42 Å². The van der Waals surface area contributed by atoms with Crippen LogP contribution in [0.4, 0.5) is 0 Å². The van der Waals surface area contributed by atoms with Gasteiger partial charge in [0.15, 0.2) is 0 Å². The quantitative estimate of drug-likeness (QED) is 0.566. The van der Waals surface area contributed by atoms with Crippen molar-refractivity contribution in [3.05, 3.63) is 77.3 Å². The molecule has 0 N–H and O–H groups in total. The molecule has 4 aromatic rings. The topological polar surface area (TPSA) is 91.6 Å². The third-order valence-electron chi connectivity index (χ3n) is 3.48. The van der Waals surface area contributed by atoms with E-state index in [2.05, 4.69) is 20.5 Å². The summed E-state index contributed by atoms with van der Waals surface area (Å²) in [5.74, 6) is 0.358. The largest absolute Gasteiger partial charge is 0.423 e. The molecule has 0 aliphatic rings. The first-order valence-electron chi connectivity index (χ1n) is 7.23. The number of para-hydroxylation sites is 1. The van der Waals surface area contributed by atoms with E-state index in [1.165, 1.54) is 17.0 Å². The summed E-state index contributed by atoms with van der Waals surface area (Å²) in [6.07, 6.45) is 4.70. The molecule has 0 saturated heterocycles. The zero-order chi connectivity index (χ0) is 16.4. The van der Waals surface area contributed by atoms with Crippen molar-refractivity contribution in [1.29, 1.82) is 0 Å². The Labute approximate surface area is 136 Å². The summed E-state index contributed by atoms with van der Waals surface area (Å²) < 4.78 is 8.35. The van der Waals surface area contributed by atoms with Crippen LogP contribution in [-0.4, -0.2) is 29.8 Å². The molecule has 0 atom stereocenters. The normalized spacial score (nSPS) is 10.8. The molecule has 8 heteroatoms. The minimum Gasteiger partial charge on any atom is -0.423 e. The minimum absolute atomic E-state index is 0.146. The maximum atomic E-state index is 12.1. The molecule has 0 fully saturated rings. The Morgan fingerprint density at radius 1 is 1.00 bits per heavy atom. The maximum absolute atomic E-state index is 12.1. The van der Waals surface area contributed by atoms with Crippen LogP contribution in [0.15, 0.2) is 70.5 Å². The van der Waals surface area contributed by atoms with E-state index in [4.69, 9.17) is 4.42 Å². The highest BCUT2D eigenvalue weighted by molar-refractivity contribution is 5.50. The molecule has 0 spiro atoms. The van der Waals surface area contributed by atoms with Gasteiger partial charge in [-0.25, -0.2) is 4.68 Å². The SMILES string of the molecule is O=c1ccc(-c2nnco2)cn1Cc1cn(-c2ccccc2)nn1. The molecule has 1 aromatic carbocycles. The lowest BCUT2D eigenvalue weighted by Crippen LogP contribution is -2.19. The second-order valence-corrected chi connectivity index (χ2v) is 5.12. The lowest BCUT2D eigenvalue weighted by Gasteiger charge is -2.04. The highest BCUT2D eigenvalue weighted by atomic mass is 16.4. The van der Waals surface area contributed by atoms with Crippen molar-refractivity contribution in [3.8, 4) is 17.1 Å². The number of hydrogen-bond acceptors (Lipinski definition) is 6. The maximum Gasteiger partial charge on any atom is 0.250 e. The lowest BCUT2D eigenvalue weighted by atomic mass is 10.3. The van der Waals surface area contributed by atoms with E-state index >= 15 is 0 Å². The number of aromatic nitrogens is 6. The lowest BCUT2D eigenvalue weighted by molar-refractivity contribution is 0.567. The van der Waals surface area contributed by atoms with Gasteiger partial charge in [-0.3, -0.25) is 4.79 Å². The van der Waals surface area contributed by atoms with Gasteiger partial charge in [-0.05, 0) is 18.2 Å². The summed E-state index contributed by atoms with van der Waals surface area (Å²) in [4.78, 5) is 12.1. The predicted octanol–water partition coefficient (Wildman–Crippen LogP) is 1.53. The number of rotatable bonds is 4. The van der Waals surface area contributed by atoms with Crippen molar-refractivity contribution >= 4 is 0 Å². The predicted molar refractivity (Wildman–Crippen MR) is 84.5 cm³/mol. The second kappa shape index (κ2) is 5.92. The molecule has 0 bridgehead atoms. The Morgan fingerprint density at radius 2 is 1.88 bits per heavy atom. The van der Waals surface area contributed by atoms with Gasteiger partial charge in [-0.2, -0.15) is 0 Å². The Kier molecular flexibility index (Phi) is 3.47. The molecule has 0 saturated carbocycles. The number of pyridine rings is 1. The van der Waals surface area contributed by atoms with Crippen LogP contribution < -0.4 is 5.56 Å². The van der Waals surface area contributed by atoms with E-state index in [0.29, 0.717) is 23.7 Å². The van der Waals surface area contributed by atoms with Crippen LogP contribution in [0.2, 0.25) is 0 Å². The van der Waals surface area contributed by atoms with Gasteiger partial charge < -0.3 is 8.98 Å². The molecule has 4 rings (SSSR count). The fourth-order valence-corrected chi connectivity index (χ4v) is 2.33. The van der Waals surface area contributed by atoms with Crippen LogP contribution in [0.25, 0.3) is 17.1 Å². The molecule has 8 nitrogen and oxygen atoms in total. The average Bonchev–Trinajstić information content (AvgIpc) is 3.29. The second-order valence-electron chi connectivity index (χ2n) is 5.12. The third-order valence-corrected chi connectivity index (χ3v) is 3.48. The summed E-state index contributed by atoms with van der Waals surface area (Å²) in [6, 6.07) is 12.8.